The summed E-state index contributed by atoms with van der Waals surface area (Å²) in [6, 6.07) is 6.62. The van der Waals surface area contributed by atoms with Crippen LogP contribution in [0.4, 0.5) is 5.69 Å². The lowest BCUT2D eigenvalue weighted by Crippen LogP contribution is -2.62. The Kier molecular flexibility index (Phi) is 3.84. The maximum absolute atomic E-state index is 12.2. The predicted octanol–water partition coefficient (Wildman–Crippen LogP) is 2.31. The van der Waals surface area contributed by atoms with Crippen LogP contribution < -0.4 is 15.5 Å². The second kappa shape index (κ2) is 5.50. The molecule has 114 valence electrons. The molecular weight excluding hydrogens is 286 g/mol. The Balaban J connectivity index is 1.91. The molecule has 5 heteroatoms. The molecule has 1 aliphatic carbocycles. The smallest absolute Gasteiger partial charge is 0.245 e. The van der Waals surface area contributed by atoms with Crippen molar-refractivity contribution in [1.29, 1.82) is 0 Å². The summed E-state index contributed by atoms with van der Waals surface area (Å²) >= 11 is 6.19. The summed E-state index contributed by atoms with van der Waals surface area (Å²) in [6.07, 6.45) is 2.53. The number of nitrogens with one attached hydrogen (secondary N) is 2. The van der Waals surface area contributed by atoms with Crippen molar-refractivity contribution in [3.05, 3.63) is 28.8 Å². The fraction of sp³-hybridized carbons (Fsp3) is 0.562. The van der Waals surface area contributed by atoms with Gasteiger partial charge in [0.05, 0.1) is 0 Å². The molecule has 0 atom stereocenters. The van der Waals surface area contributed by atoms with Gasteiger partial charge >= 0.3 is 0 Å². The van der Waals surface area contributed by atoms with Crippen LogP contribution in [0.15, 0.2) is 18.2 Å². The second-order valence-corrected chi connectivity index (χ2v) is 6.83. The molecule has 1 saturated heterocycles. The number of nitrogens with zero attached hydrogens (tertiary/aromatic N) is 1. The Morgan fingerprint density at radius 2 is 2.19 bits per heavy atom. The fourth-order valence-corrected chi connectivity index (χ4v) is 2.97. The quantitative estimate of drug-likeness (QED) is 0.897. The van der Waals surface area contributed by atoms with Crippen molar-refractivity contribution >= 4 is 23.2 Å². The molecule has 0 bridgehead atoms. The Labute approximate surface area is 130 Å². The number of amides is 1. The van der Waals surface area contributed by atoms with E-state index in [4.69, 9.17) is 11.6 Å². The van der Waals surface area contributed by atoms with E-state index in [1.807, 2.05) is 26.0 Å². The lowest BCUT2D eigenvalue weighted by molar-refractivity contribution is -0.126. The van der Waals surface area contributed by atoms with Crippen molar-refractivity contribution < 1.29 is 4.79 Å². The van der Waals surface area contributed by atoms with Crippen LogP contribution in [0.5, 0.6) is 0 Å². The Hall–Kier alpha value is -1.26. The summed E-state index contributed by atoms with van der Waals surface area (Å²) in [5, 5.41) is 7.19. The summed E-state index contributed by atoms with van der Waals surface area (Å²) in [4.78, 5) is 14.3. The first kappa shape index (κ1) is 14.7. The van der Waals surface area contributed by atoms with E-state index in [0.29, 0.717) is 17.6 Å². The molecule has 1 saturated carbocycles. The molecule has 1 aliphatic heterocycles. The van der Waals surface area contributed by atoms with E-state index >= 15 is 0 Å². The van der Waals surface area contributed by atoms with E-state index < -0.39 is 5.54 Å². The van der Waals surface area contributed by atoms with Crippen molar-refractivity contribution in [1.82, 2.24) is 10.6 Å². The molecule has 0 unspecified atom stereocenters. The molecule has 2 aliphatic rings. The third-order valence-electron chi connectivity index (χ3n) is 4.35. The van der Waals surface area contributed by atoms with Gasteiger partial charge in [0.2, 0.25) is 5.91 Å². The first-order valence-electron chi connectivity index (χ1n) is 7.56. The standard InChI is InChI=1S/C16H22ClN3O/c1-16(2)15(21)18-7-8-20(16)14-9-12(17)4-3-11(14)10-19-13-5-6-13/h3-4,9,13,19H,5-8,10H2,1-2H3,(H,18,21). The minimum atomic E-state index is -0.558. The van der Waals surface area contributed by atoms with Gasteiger partial charge in [0, 0.05) is 36.4 Å². The summed E-state index contributed by atoms with van der Waals surface area (Å²) in [5.41, 5.74) is 1.71. The maximum Gasteiger partial charge on any atom is 0.245 e. The zero-order valence-corrected chi connectivity index (χ0v) is 13.3. The lowest BCUT2D eigenvalue weighted by Gasteiger charge is -2.43. The average molecular weight is 308 g/mol. The number of anilines is 1. The zero-order chi connectivity index (χ0) is 15.0. The fourth-order valence-electron chi connectivity index (χ4n) is 2.80. The van der Waals surface area contributed by atoms with E-state index in [2.05, 4.69) is 21.6 Å². The van der Waals surface area contributed by atoms with Gasteiger partial charge in [-0.05, 0) is 44.4 Å². The highest BCUT2D eigenvalue weighted by Crippen LogP contribution is 2.32. The molecule has 21 heavy (non-hydrogen) atoms. The van der Waals surface area contributed by atoms with E-state index in [-0.39, 0.29) is 5.91 Å². The molecule has 1 aromatic rings. The Morgan fingerprint density at radius 1 is 1.43 bits per heavy atom. The van der Waals surface area contributed by atoms with Crippen LogP contribution in [0.2, 0.25) is 5.02 Å². The number of rotatable bonds is 4. The van der Waals surface area contributed by atoms with Crippen LogP contribution >= 0.6 is 11.6 Å². The van der Waals surface area contributed by atoms with Crippen molar-refractivity contribution in [3.8, 4) is 0 Å². The summed E-state index contributed by atoms with van der Waals surface area (Å²) < 4.78 is 0. The van der Waals surface area contributed by atoms with Crippen LogP contribution in [0.3, 0.4) is 0 Å². The minimum Gasteiger partial charge on any atom is -0.355 e. The first-order valence-corrected chi connectivity index (χ1v) is 7.94. The van der Waals surface area contributed by atoms with Gasteiger partial charge in [-0.15, -0.1) is 0 Å². The number of hydrogen-bond acceptors (Lipinski definition) is 3. The largest absolute Gasteiger partial charge is 0.355 e. The lowest BCUT2D eigenvalue weighted by atomic mass is 9.96. The maximum atomic E-state index is 12.2. The third kappa shape index (κ3) is 3.01. The monoisotopic (exact) mass is 307 g/mol. The zero-order valence-electron chi connectivity index (χ0n) is 12.6. The third-order valence-corrected chi connectivity index (χ3v) is 4.58. The van der Waals surface area contributed by atoms with Gasteiger partial charge in [-0.3, -0.25) is 4.79 Å². The van der Waals surface area contributed by atoms with Crippen molar-refractivity contribution in [2.45, 2.75) is 44.8 Å². The molecular formula is C16H22ClN3O. The first-order chi connectivity index (χ1) is 9.98. The van der Waals surface area contributed by atoms with Crippen LogP contribution in [0.25, 0.3) is 0 Å². The molecule has 4 nitrogen and oxygen atoms in total. The second-order valence-electron chi connectivity index (χ2n) is 6.39. The average Bonchev–Trinajstić information content (AvgIpc) is 3.24. The molecule has 0 radical (unpaired) electrons. The molecule has 1 amide bonds. The van der Waals surface area contributed by atoms with Gasteiger partial charge in [-0.25, -0.2) is 0 Å². The van der Waals surface area contributed by atoms with Gasteiger partial charge in [0.15, 0.2) is 0 Å². The van der Waals surface area contributed by atoms with Gasteiger partial charge in [-0.1, -0.05) is 17.7 Å². The number of halogens is 1. The van der Waals surface area contributed by atoms with E-state index in [9.17, 15) is 4.79 Å². The number of hydrogen-bond donors (Lipinski definition) is 2. The van der Waals surface area contributed by atoms with Gasteiger partial charge in [0.1, 0.15) is 5.54 Å². The molecule has 2 N–H and O–H groups in total. The molecule has 2 fully saturated rings. The molecule has 0 spiro atoms. The van der Waals surface area contributed by atoms with Gasteiger partial charge < -0.3 is 15.5 Å². The van der Waals surface area contributed by atoms with Crippen LogP contribution in [0, 0.1) is 0 Å². The van der Waals surface area contributed by atoms with E-state index in [0.717, 1.165) is 18.8 Å². The summed E-state index contributed by atoms with van der Waals surface area (Å²) in [5.74, 6) is 0.0647. The Morgan fingerprint density at radius 3 is 2.90 bits per heavy atom. The topological polar surface area (TPSA) is 44.4 Å². The number of carbonyl (C=O) groups is 1. The molecule has 3 rings (SSSR count). The van der Waals surface area contributed by atoms with E-state index in [1.54, 1.807) is 0 Å². The molecule has 0 aromatic heterocycles. The summed E-state index contributed by atoms with van der Waals surface area (Å²) in [6.45, 7) is 6.21. The van der Waals surface area contributed by atoms with Crippen LogP contribution in [-0.2, 0) is 11.3 Å². The SMILES string of the molecule is CC1(C)C(=O)NCCN1c1cc(Cl)ccc1CNC1CC1. The van der Waals surface area contributed by atoms with Crippen molar-refractivity contribution in [3.63, 3.8) is 0 Å². The van der Waals surface area contributed by atoms with Gasteiger partial charge in [0.25, 0.3) is 0 Å². The van der Waals surface area contributed by atoms with Crippen LogP contribution in [-0.4, -0.2) is 30.6 Å². The summed E-state index contributed by atoms with van der Waals surface area (Å²) in [7, 11) is 0. The number of carbonyl (C=O) groups excluding carboxylic acids is 1. The predicted molar refractivity (Wildman–Crippen MR) is 85.7 cm³/mol. The molecule has 1 aromatic carbocycles. The van der Waals surface area contributed by atoms with Gasteiger partial charge in [-0.2, -0.15) is 0 Å². The van der Waals surface area contributed by atoms with Crippen molar-refractivity contribution in [2.24, 2.45) is 0 Å². The minimum absolute atomic E-state index is 0.0647. The number of piperazine rings is 1. The highest BCUT2D eigenvalue weighted by Gasteiger charge is 2.38. The number of benzene rings is 1. The van der Waals surface area contributed by atoms with Crippen molar-refractivity contribution in [2.75, 3.05) is 18.0 Å². The Bertz CT molecular complexity index is 554. The molecule has 1 heterocycles. The van der Waals surface area contributed by atoms with E-state index in [1.165, 1.54) is 18.4 Å². The highest BCUT2D eigenvalue weighted by atomic mass is 35.5. The normalized spacial score (nSPS) is 21.3. The van der Waals surface area contributed by atoms with Crippen LogP contribution in [0.1, 0.15) is 32.3 Å². The highest BCUT2D eigenvalue weighted by molar-refractivity contribution is 6.30.